The fourth-order valence-electron chi connectivity index (χ4n) is 2.36. The number of aromatic nitrogens is 5. The van der Waals surface area contributed by atoms with Crippen molar-refractivity contribution in [2.45, 2.75) is 39.7 Å². The van der Waals surface area contributed by atoms with Crippen molar-refractivity contribution < 1.29 is 4.79 Å². The molecule has 24 heavy (non-hydrogen) atoms. The van der Waals surface area contributed by atoms with Gasteiger partial charge in [0.05, 0.1) is 17.1 Å². The summed E-state index contributed by atoms with van der Waals surface area (Å²) in [6.07, 6.45) is 0. The van der Waals surface area contributed by atoms with Gasteiger partial charge in [-0.1, -0.05) is 13.8 Å². The predicted octanol–water partition coefficient (Wildman–Crippen LogP) is 3.00. The molecule has 0 bridgehead atoms. The Morgan fingerprint density at radius 1 is 1.21 bits per heavy atom. The van der Waals surface area contributed by atoms with Crippen LogP contribution in [-0.2, 0) is 0 Å². The molecule has 8 nitrogen and oxygen atoms in total. The van der Waals surface area contributed by atoms with E-state index in [-0.39, 0.29) is 12.1 Å². The Balaban J connectivity index is 1.68. The summed E-state index contributed by atoms with van der Waals surface area (Å²) >= 11 is 0. The van der Waals surface area contributed by atoms with Crippen LogP contribution in [-0.4, -0.2) is 31.2 Å². The molecule has 0 spiro atoms. The maximum Gasteiger partial charge on any atom is 0.319 e. The topological polar surface area (TPSA) is 111 Å². The quantitative estimate of drug-likeness (QED) is 0.590. The molecular weight excluding hydrogens is 306 g/mol. The Kier molecular flexibility index (Phi) is 4.20. The van der Waals surface area contributed by atoms with E-state index < -0.39 is 0 Å². The number of carbonyl (C=O) groups is 1. The van der Waals surface area contributed by atoms with Crippen molar-refractivity contribution >= 4 is 22.8 Å². The van der Waals surface area contributed by atoms with Gasteiger partial charge in [-0.2, -0.15) is 5.10 Å². The molecule has 8 heteroatoms. The van der Waals surface area contributed by atoms with E-state index in [9.17, 15) is 4.79 Å². The summed E-state index contributed by atoms with van der Waals surface area (Å²) in [6.45, 7) is 7.80. The van der Waals surface area contributed by atoms with Crippen LogP contribution >= 0.6 is 0 Å². The fraction of sp³-hybridized carbons (Fsp3) is 0.375. The highest BCUT2D eigenvalue weighted by Crippen LogP contribution is 2.20. The number of benzene rings is 1. The molecule has 3 aromatic rings. The molecule has 0 radical (unpaired) electrons. The number of aryl methyl sites for hydroxylation is 1. The van der Waals surface area contributed by atoms with Gasteiger partial charge in [0.15, 0.2) is 5.82 Å². The lowest BCUT2D eigenvalue weighted by atomic mass is 10.2. The summed E-state index contributed by atoms with van der Waals surface area (Å²) < 4.78 is 0. The first-order valence-corrected chi connectivity index (χ1v) is 7.88. The first-order valence-electron chi connectivity index (χ1n) is 7.88. The smallest absolute Gasteiger partial charge is 0.319 e. The predicted molar refractivity (Wildman–Crippen MR) is 91.9 cm³/mol. The number of hydrogen-bond acceptors (Lipinski definition) is 4. The number of anilines is 1. The number of amides is 2. The summed E-state index contributed by atoms with van der Waals surface area (Å²) in [5.74, 6) is 2.51. The molecule has 2 amide bonds. The lowest BCUT2D eigenvalue weighted by Gasteiger charge is -2.11. The van der Waals surface area contributed by atoms with E-state index >= 15 is 0 Å². The SMILES string of the molecule is Cc1nc([C@@H](C)NC(=O)Nc2ccc3nc(C(C)C)[nH]c3c2)n[nH]1. The number of H-pyrrole nitrogens is 2. The van der Waals surface area contributed by atoms with Crippen LogP contribution in [0.25, 0.3) is 11.0 Å². The summed E-state index contributed by atoms with van der Waals surface area (Å²) in [4.78, 5) is 24.1. The number of hydrogen-bond donors (Lipinski definition) is 4. The molecule has 0 fully saturated rings. The van der Waals surface area contributed by atoms with Gasteiger partial charge in [0.2, 0.25) is 0 Å². The van der Waals surface area contributed by atoms with Crippen molar-refractivity contribution in [1.82, 2.24) is 30.5 Å². The van der Waals surface area contributed by atoms with E-state index in [2.05, 4.69) is 49.6 Å². The Labute approximate surface area is 139 Å². The summed E-state index contributed by atoms with van der Waals surface area (Å²) in [6, 6.07) is 4.98. The minimum absolute atomic E-state index is 0.293. The molecule has 0 unspecified atom stereocenters. The van der Waals surface area contributed by atoms with Gasteiger partial charge in [0, 0.05) is 11.6 Å². The number of imidazole rings is 1. The summed E-state index contributed by atoms with van der Waals surface area (Å²) in [5, 5.41) is 12.4. The van der Waals surface area contributed by atoms with Gasteiger partial charge in [-0.05, 0) is 32.0 Å². The van der Waals surface area contributed by atoms with E-state index in [1.807, 2.05) is 32.0 Å². The zero-order chi connectivity index (χ0) is 17.3. The monoisotopic (exact) mass is 327 g/mol. The van der Waals surface area contributed by atoms with Gasteiger partial charge in [-0.3, -0.25) is 5.10 Å². The average Bonchev–Trinajstić information content (AvgIpc) is 3.12. The van der Waals surface area contributed by atoms with E-state index in [0.717, 1.165) is 16.9 Å². The number of urea groups is 1. The molecule has 0 saturated carbocycles. The highest BCUT2D eigenvalue weighted by Gasteiger charge is 2.14. The highest BCUT2D eigenvalue weighted by atomic mass is 16.2. The minimum atomic E-state index is -0.312. The van der Waals surface area contributed by atoms with E-state index in [1.54, 1.807) is 0 Å². The van der Waals surface area contributed by atoms with Crippen LogP contribution in [0.2, 0.25) is 0 Å². The van der Waals surface area contributed by atoms with Crippen LogP contribution in [0, 0.1) is 6.92 Å². The summed E-state index contributed by atoms with van der Waals surface area (Å²) in [5.41, 5.74) is 2.47. The van der Waals surface area contributed by atoms with Crippen molar-refractivity contribution in [2.75, 3.05) is 5.32 Å². The maximum atomic E-state index is 12.1. The lowest BCUT2D eigenvalue weighted by molar-refractivity contribution is 0.249. The van der Waals surface area contributed by atoms with Crippen LogP contribution in [0.4, 0.5) is 10.5 Å². The Bertz CT molecular complexity index is 864. The zero-order valence-electron chi connectivity index (χ0n) is 14.1. The van der Waals surface area contributed by atoms with Gasteiger partial charge >= 0.3 is 6.03 Å². The minimum Gasteiger partial charge on any atom is -0.342 e. The third-order valence-corrected chi connectivity index (χ3v) is 3.65. The van der Waals surface area contributed by atoms with Crippen molar-refractivity contribution in [3.8, 4) is 0 Å². The second kappa shape index (κ2) is 6.31. The molecule has 1 atom stereocenters. The Morgan fingerprint density at radius 3 is 2.67 bits per heavy atom. The molecule has 0 aliphatic rings. The van der Waals surface area contributed by atoms with Gasteiger partial charge in [0.25, 0.3) is 0 Å². The molecule has 1 aromatic carbocycles. The fourth-order valence-corrected chi connectivity index (χ4v) is 2.36. The largest absolute Gasteiger partial charge is 0.342 e. The van der Waals surface area contributed by atoms with Crippen LogP contribution in [0.3, 0.4) is 0 Å². The molecule has 4 N–H and O–H groups in total. The number of rotatable bonds is 4. The molecule has 0 saturated heterocycles. The van der Waals surface area contributed by atoms with Crippen LogP contribution < -0.4 is 10.6 Å². The normalized spacial score (nSPS) is 12.5. The molecule has 2 aromatic heterocycles. The second-order valence-corrected chi connectivity index (χ2v) is 6.11. The third-order valence-electron chi connectivity index (χ3n) is 3.65. The molecule has 0 aliphatic carbocycles. The van der Waals surface area contributed by atoms with Gasteiger partial charge < -0.3 is 15.6 Å². The van der Waals surface area contributed by atoms with Gasteiger partial charge in [-0.15, -0.1) is 0 Å². The number of aromatic amines is 2. The molecule has 0 aliphatic heterocycles. The summed E-state index contributed by atoms with van der Waals surface area (Å²) in [7, 11) is 0. The highest BCUT2D eigenvalue weighted by molar-refractivity contribution is 5.92. The molecular formula is C16H21N7O. The van der Waals surface area contributed by atoms with Crippen LogP contribution in [0.15, 0.2) is 18.2 Å². The van der Waals surface area contributed by atoms with Crippen LogP contribution in [0.1, 0.15) is 50.2 Å². The van der Waals surface area contributed by atoms with Gasteiger partial charge in [-0.25, -0.2) is 14.8 Å². The average molecular weight is 327 g/mol. The van der Waals surface area contributed by atoms with Crippen molar-refractivity contribution in [3.05, 3.63) is 35.7 Å². The maximum absolute atomic E-state index is 12.1. The number of nitrogens with one attached hydrogen (secondary N) is 4. The van der Waals surface area contributed by atoms with Gasteiger partial charge in [0.1, 0.15) is 11.6 Å². The van der Waals surface area contributed by atoms with Crippen molar-refractivity contribution in [1.29, 1.82) is 0 Å². The molecule has 126 valence electrons. The number of fused-ring (bicyclic) bond motifs is 1. The molecule has 3 rings (SSSR count). The first kappa shape index (κ1) is 16.0. The van der Waals surface area contributed by atoms with Crippen molar-refractivity contribution in [2.24, 2.45) is 0 Å². The number of carbonyl (C=O) groups excluding carboxylic acids is 1. The standard InChI is InChI=1S/C16H21N7O/c1-8(2)14-20-12-6-5-11(7-13(12)21-14)19-16(24)17-9(3)15-18-10(4)22-23-15/h5-9H,1-4H3,(H,20,21)(H2,17,19,24)(H,18,22,23)/t9-/m1/s1. The first-order chi connectivity index (χ1) is 11.4. The van der Waals surface area contributed by atoms with Crippen molar-refractivity contribution in [3.63, 3.8) is 0 Å². The lowest BCUT2D eigenvalue weighted by Crippen LogP contribution is -2.31. The zero-order valence-corrected chi connectivity index (χ0v) is 14.1. The van der Waals surface area contributed by atoms with E-state index in [0.29, 0.717) is 23.3 Å². The van der Waals surface area contributed by atoms with Crippen LogP contribution in [0.5, 0.6) is 0 Å². The van der Waals surface area contributed by atoms with E-state index in [4.69, 9.17) is 0 Å². The third kappa shape index (κ3) is 3.37. The Hall–Kier alpha value is -2.90. The molecule has 2 heterocycles. The second-order valence-electron chi connectivity index (χ2n) is 6.11. The van der Waals surface area contributed by atoms with E-state index in [1.165, 1.54) is 0 Å². The Morgan fingerprint density at radius 2 is 2.00 bits per heavy atom. The number of nitrogens with zero attached hydrogens (tertiary/aromatic N) is 3.